The molecule has 0 aliphatic carbocycles. The van der Waals surface area contributed by atoms with Gasteiger partial charge in [0, 0.05) is 12.0 Å². The molecule has 0 atom stereocenters. The third kappa shape index (κ3) is 7.56. The fraction of sp³-hybridized carbons (Fsp3) is 0.533. The summed E-state index contributed by atoms with van der Waals surface area (Å²) in [5, 5.41) is 8.70. The molecule has 96 valence electrons. The summed E-state index contributed by atoms with van der Waals surface area (Å²) in [5.74, 6) is 0.0184. The molecular formula is C15H24O2. The van der Waals surface area contributed by atoms with Gasteiger partial charge in [-0.25, -0.2) is 0 Å². The minimum atomic E-state index is 0.0184. The minimum Gasteiger partial charge on any atom is -0.515 e. The van der Waals surface area contributed by atoms with Crippen molar-refractivity contribution in [1.82, 2.24) is 0 Å². The number of aliphatic hydroxyl groups is 1. The standard InChI is InChI=1S/C15H24O2/c1-5-12(2)7-6-8-13(3)9-10-15(17)14(4)11-16/h5,8,11,16H,6-7,9-10H2,1-4H3/b12-5+,13-8+,14-11+. The predicted octanol–water partition coefficient (Wildman–Crippen LogP) is 4.49. The number of carbonyl (C=O) groups excluding carboxylic acids is 1. The third-order valence-electron chi connectivity index (χ3n) is 2.90. The van der Waals surface area contributed by atoms with Crippen LogP contribution in [0.25, 0.3) is 0 Å². The van der Waals surface area contributed by atoms with Crippen LogP contribution in [0.1, 0.15) is 53.4 Å². The highest BCUT2D eigenvalue weighted by Gasteiger charge is 2.04. The number of hydrogen-bond acceptors (Lipinski definition) is 2. The second kappa shape index (κ2) is 8.80. The van der Waals surface area contributed by atoms with E-state index in [0.29, 0.717) is 12.0 Å². The molecule has 0 aromatic heterocycles. The largest absolute Gasteiger partial charge is 0.515 e. The Hall–Kier alpha value is -1.31. The number of Topliss-reactive ketones (excluding diaryl/α,β-unsaturated/α-hetero) is 1. The molecule has 0 aromatic rings. The first-order valence-corrected chi connectivity index (χ1v) is 6.12. The SMILES string of the molecule is C/C=C(\C)CC/C=C(\C)CCC(=O)/C(C)=C/O. The molecule has 0 aliphatic rings. The highest BCUT2D eigenvalue weighted by molar-refractivity contribution is 5.94. The van der Waals surface area contributed by atoms with E-state index in [4.69, 9.17) is 5.11 Å². The van der Waals surface area contributed by atoms with Crippen molar-refractivity contribution in [2.45, 2.75) is 53.4 Å². The van der Waals surface area contributed by atoms with Crippen molar-refractivity contribution in [3.63, 3.8) is 0 Å². The lowest BCUT2D eigenvalue weighted by atomic mass is 10.0. The molecule has 0 bridgehead atoms. The van der Waals surface area contributed by atoms with Gasteiger partial charge in [0.15, 0.2) is 5.78 Å². The second-order valence-corrected chi connectivity index (χ2v) is 4.46. The zero-order chi connectivity index (χ0) is 13.3. The van der Waals surface area contributed by atoms with Gasteiger partial charge in [-0.2, -0.15) is 0 Å². The van der Waals surface area contributed by atoms with Gasteiger partial charge in [0.1, 0.15) is 0 Å². The van der Waals surface area contributed by atoms with Crippen LogP contribution < -0.4 is 0 Å². The van der Waals surface area contributed by atoms with Crippen molar-refractivity contribution in [1.29, 1.82) is 0 Å². The van der Waals surface area contributed by atoms with Gasteiger partial charge in [0.05, 0.1) is 6.26 Å². The highest BCUT2D eigenvalue weighted by Crippen LogP contribution is 2.11. The van der Waals surface area contributed by atoms with Crippen molar-refractivity contribution >= 4 is 5.78 Å². The van der Waals surface area contributed by atoms with E-state index in [9.17, 15) is 4.79 Å². The van der Waals surface area contributed by atoms with Gasteiger partial charge >= 0.3 is 0 Å². The summed E-state index contributed by atoms with van der Waals surface area (Å²) in [6.45, 7) is 7.86. The average Bonchev–Trinajstić information content (AvgIpc) is 2.34. The lowest BCUT2D eigenvalue weighted by Crippen LogP contribution is -1.99. The van der Waals surface area contributed by atoms with Crippen LogP contribution in [-0.2, 0) is 4.79 Å². The van der Waals surface area contributed by atoms with Gasteiger partial charge in [0.25, 0.3) is 0 Å². The summed E-state index contributed by atoms with van der Waals surface area (Å²) in [6, 6.07) is 0. The van der Waals surface area contributed by atoms with E-state index in [0.717, 1.165) is 25.5 Å². The van der Waals surface area contributed by atoms with Crippen molar-refractivity contribution in [2.75, 3.05) is 0 Å². The first-order chi connectivity index (χ1) is 8.01. The van der Waals surface area contributed by atoms with Crippen LogP contribution in [-0.4, -0.2) is 10.9 Å². The molecule has 0 radical (unpaired) electrons. The molecule has 0 spiro atoms. The summed E-state index contributed by atoms with van der Waals surface area (Å²) in [6.07, 6.45) is 8.58. The van der Waals surface area contributed by atoms with Crippen LogP contribution in [0.2, 0.25) is 0 Å². The highest BCUT2D eigenvalue weighted by atomic mass is 16.2. The topological polar surface area (TPSA) is 37.3 Å². The lowest BCUT2D eigenvalue weighted by molar-refractivity contribution is -0.115. The summed E-state index contributed by atoms with van der Waals surface area (Å²) in [4.78, 5) is 11.4. The van der Waals surface area contributed by atoms with E-state index in [1.54, 1.807) is 6.92 Å². The molecule has 0 saturated carbocycles. The molecule has 0 aromatic carbocycles. The van der Waals surface area contributed by atoms with E-state index in [2.05, 4.69) is 32.9 Å². The third-order valence-corrected chi connectivity index (χ3v) is 2.90. The quantitative estimate of drug-likeness (QED) is 0.402. The number of carbonyl (C=O) groups is 1. The molecule has 17 heavy (non-hydrogen) atoms. The van der Waals surface area contributed by atoms with Crippen LogP contribution in [0.15, 0.2) is 35.1 Å². The fourth-order valence-electron chi connectivity index (χ4n) is 1.37. The molecule has 0 fully saturated rings. The van der Waals surface area contributed by atoms with E-state index in [-0.39, 0.29) is 5.78 Å². The Morgan fingerprint density at radius 1 is 1.06 bits per heavy atom. The molecule has 0 rings (SSSR count). The van der Waals surface area contributed by atoms with Gasteiger partial charge < -0.3 is 5.11 Å². The number of ketones is 1. The van der Waals surface area contributed by atoms with Crippen LogP contribution in [0.4, 0.5) is 0 Å². The Morgan fingerprint density at radius 3 is 2.24 bits per heavy atom. The Morgan fingerprint density at radius 2 is 1.71 bits per heavy atom. The normalized spacial score (nSPS) is 14.0. The number of aliphatic hydroxyl groups excluding tert-OH is 1. The zero-order valence-electron chi connectivity index (χ0n) is 11.4. The van der Waals surface area contributed by atoms with Crippen molar-refractivity contribution in [3.05, 3.63) is 35.1 Å². The van der Waals surface area contributed by atoms with Crippen molar-refractivity contribution in [3.8, 4) is 0 Å². The molecule has 2 nitrogen and oxygen atoms in total. The Balaban J connectivity index is 3.98. The van der Waals surface area contributed by atoms with E-state index >= 15 is 0 Å². The van der Waals surface area contributed by atoms with Crippen LogP contribution in [0.5, 0.6) is 0 Å². The fourth-order valence-corrected chi connectivity index (χ4v) is 1.37. The number of allylic oxidation sites excluding steroid dienone is 5. The van der Waals surface area contributed by atoms with E-state index in [1.165, 1.54) is 11.1 Å². The Kier molecular flexibility index (Phi) is 8.12. The lowest BCUT2D eigenvalue weighted by Gasteiger charge is -2.02. The number of rotatable bonds is 7. The summed E-state index contributed by atoms with van der Waals surface area (Å²) < 4.78 is 0. The second-order valence-electron chi connectivity index (χ2n) is 4.46. The molecular weight excluding hydrogens is 212 g/mol. The van der Waals surface area contributed by atoms with E-state index < -0.39 is 0 Å². The maximum absolute atomic E-state index is 11.4. The van der Waals surface area contributed by atoms with Crippen molar-refractivity contribution < 1.29 is 9.90 Å². The maximum atomic E-state index is 11.4. The Labute approximate surface area is 105 Å². The van der Waals surface area contributed by atoms with Crippen LogP contribution in [0.3, 0.4) is 0 Å². The zero-order valence-corrected chi connectivity index (χ0v) is 11.4. The molecule has 0 saturated heterocycles. The molecule has 0 unspecified atom stereocenters. The average molecular weight is 236 g/mol. The molecule has 2 heteroatoms. The smallest absolute Gasteiger partial charge is 0.161 e. The van der Waals surface area contributed by atoms with Crippen molar-refractivity contribution in [2.24, 2.45) is 0 Å². The van der Waals surface area contributed by atoms with Gasteiger partial charge in [-0.15, -0.1) is 0 Å². The van der Waals surface area contributed by atoms with Gasteiger partial charge in [-0.1, -0.05) is 23.3 Å². The molecule has 0 heterocycles. The minimum absolute atomic E-state index is 0.0184. The predicted molar refractivity (Wildman–Crippen MR) is 73.0 cm³/mol. The molecule has 1 N–H and O–H groups in total. The maximum Gasteiger partial charge on any atom is 0.161 e. The van der Waals surface area contributed by atoms with Gasteiger partial charge in [-0.3, -0.25) is 4.79 Å². The van der Waals surface area contributed by atoms with E-state index in [1.807, 2.05) is 0 Å². The van der Waals surface area contributed by atoms with Crippen LogP contribution in [0, 0.1) is 0 Å². The van der Waals surface area contributed by atoms with Crippen LogP contribution >= 0.6 is 0 Å². The van der Waals surface area contributed by atoms with Gasteiger partial charge in [0.2, 0.25) is 0 Å². The molecule has 0 aliphatic heterocycles. The first-order valence-electron chi connectivity index (χ1n) is 6.12. The Bertz CT molecular complexity index is 333. The summed E-state index contributed by atoms with van der Waals surface area (Å²) in [7, 11) is 0. The number of hydrogen-bond donors (Lipinski definition) is 1. The monoisotopic (exact) mass is 236 g/mol. The molecule has 0 amide bonds. The first kappa shape index (κ1) is 15.7. The summed E-state index contributed by atoms with van der Waals surface area (Å²) >= 11 is 0. The summed E-state index contributed by atoms with van der Waals surface area (Å²) in [5.41, 5.74) is 3.07. The van der Waals surface area contributed by atoms with Gasteiger partial charge in [-0.05, 0) is 47.0 Å².